The van der Waals surface area contributed by atoms with Gasteiger partial charge < -0.3 is 55.7 Å². The third kappa shape index (κ3) is 3.65. The van der Waals surface area contributed by atoms with Crippen molar-refractivity contribution in [2.75, 3.05) is 13.2 Å². The van der Waals surface area contributed by atoms with Crippen LogP contribution in [-0.4, -0.2) is 110 Å². The Bertz CT molecular complexity index is 383. The molecular weight excluding hydrogens is 318 g/mol. The van der Waals surface area contributed by atoms with Gasteiger partial charge in [0.1, 0.15) is 42.7 Å². The Morgan fingerprint density at radius 1 is 0.783 bits per heavy atom. The van der Waals surface area contributed by atoms with Crippen LogP contribution in [0.1, 0.15) is 0 Å². The number of hydrogen-bond donors (Lipinski definition) is 8. The van der Waals surface area contributed by atoms with Crippen molar-refractivity contribution in [2.45, 2.75) is 61.3 Å². The van der Waals surface area contributed by atoms with Crippen LogP contribution < -0.4 is 5.73 Å². The molecule has 0 amide bonds. The molecule has 0 aromatic carbocycles. The van der Waals surface area contributed by atoms with Crippen LogP contribution in [0.15, 0.2) is 0 Å². The Hall–Kier alpha value is -0.440. The largest absolute Gasteiger partial charge is 0.394 e. The summed E-state index contributed by atoms with van der Waals surface area (Å²) in [6, 6.07) is -1.23. The van der Waals surface area contributed by atoms with E-state index in [1.165, 1.54) is 0 Å². The van der Waals surface area contributed by atoms with Crippen molar-refractivity contribution < 1.29 is 50.0 Å². The van der Waals surface area contributed by atoms with E-state index in [0.29, 0.717) is 0 Å². The van der Waals surface area contributed by atoms with Crippen LogP contribution in [0, 0.1) is 0 Å². The molecule has 2 aliphatic rings. The summed E-state index contributed by atoms with van der Waals surface area (Å²) in [6.45, 7) is -1.26. The van der Waals surface area contributed by atoms with Crippen LogP contribution in [0.25, 0.3) is 0 Å². The standard InChI is InChI=1S/C12H23NO10/c13-5-7(17)10(4(2-15)21-11(5)20)23-12-9(19)8(18)6(16)3(1-14)22-12/h3-12,14-20H,1-2,13H2/t3?,4?,5?,6-,7?,8-,9?,10?,11+,12-/m0/s1. The Morgan fingerprint density at radius 3 is 1.96 bits per heavy atom. The molecular formula is C12H23NO10. The molecule has 0 aromatic rings. The first kappa shape index (κ1) is 18.9. The fourth-order valence-electron chi connectivity index (χ4n) is 2.60. The lowest BCUT2D eigenvalue weighted by atomic mass is 9.96. The molecule has 2 rings (SSSR count). The van der Waals surface area contributed by atoms with Crippen molar-refractivity contribution >= 4 is 0 Å². The van der Waals surface area contributed by atoms with Crippen molar-refractivity contribution in [3.8, 4) is 0 Å². The minimum Gasteiger partial charge on any atom is -0.394 e. The number of rotatable bonds is 4. The molecule has 0 radical (unpaired) electrons. The van der Waals surface area contributed by atoms with E-state index in [-0.39, 0.29) is 0 Å². The summed E-state index contributed by atoms with van der Waals surface area (Å²) in [5.41, 5.74) is 5.55. The topological polar surface area (TPSA) is 195 Å². The van der Waals surface area contributed by atoms with E-state index in [1.807, 2.05) is 0 Å². The highest BCUT2D eigenvalue weighted by Crippen LogP contribution is 2.27. The van der Waals surface area contributed by atoms with Crippen molar-refractivity contribution in [1.29, 1.82) is 0 Å². The van der Waals surface area contributed by atoms with Gasteiger partial charge in [0.05, 0.1) is 19.3 Å². The van der Waals surface area contributed by atoms with Crippen molar-refractivity contribution in [3.63, 3.8) is 0 Å². The van der Waals surface area contributed by atoms with E-state index >= 15 is 0 Å². The molecule has 2 aliphatic heterocycles. The molecule has 0 aliphatic carbocycles. The molecule has 0 spiro atoms. The van der Waals surface area contributed by atoms with Crippen LogP contribution in [0.2, 0.25) is 0 Å². The van der Waals surface area contributed by atoms with Gasteiger partial charge in [-0.15, -0.1) is 0 Å². The van der Waals surface area contributed by atoms with Gasteiger partial charge in [-0.3, -0.25) is 0 Å². The van der Waals surface area contributed by atoms with E-state index in [1.54, 1.807) is 0 Å². The van der Waals surface area contributed by atoms with E-state index in [4.69, 9.17) is 25.1 Å². The predicted molar refractivity (Wildman–Crippen MR) is 70.6 cm³/mol. The fraction of sp³-hybridized carbons (Fsp3) is 1.00. The van der Waals surface area contributed by atoms with Gasteiger partial charge in [-0.05, 0) is 0 Å². The summed E-state index contributed by atoms with van der Waals surface area (Å²) in [4.78, 5) is 0. The van der Waals surface area contributed by atoms with E-state index < -0.39 is 74.6 Å². The lowest BCUT2D eigenvalue weighted by Crippen LogP contribution is -2.66. The zero-order chi connectivity index (χ0) is 17.3. The second-order valence-corrected chi connectivity index (χ2v) is 5.61. The summed E-state index contributed by atoms with van der Waals surface area (Å²) in [5, 5.41) is 67.3. The second kappa shape index (κ2) is 7.63. The minimum atomic E-state index is -1.68. The highest BCUT2D eigenvalue weighted by Gasteiger charge is 2.49. The zero-order valence-corrected chi connectivity index (χ0v) is 12.1. The maximum absolute atomic E-state index is 10.1. The van der Waals surface area contributed by atoms with Gasteiger partial charge >= 0.3 is 0 Å². The molecule has 2 fully saturated rings. The molecule has 11 nitrogen and oxygen atoms in total. The Morgan fingerprint density at radius 2 is 1.39 bits per heavy atom. The third-order valence-electron chi connectivity index (χ3n) is 4.06. The van der Waals surface area contributed by atoms with Crippen LogP contribution >= 0.6 is 0 Å². The molecule has 0 aromatic heterocycles. The number of hydrogen-bond acceptors (Lipinski definition) is 11. The van der Waals surface area contributed by atoms with Crippen molar-refractivity contribution in [1.82, 2.24) is 0 Å². The van der Waals surface area contributed by atoms with Crippen LogP contribution in [-0.2, 0) is 14.2 Å². The van der Waals surface area contributed by atoms with Gasteiger partial charge in [-0.2, -0.15) is 0 Å². The Labute approximate surface area is 131 Å². The average molecular weight is 341 g/mol. The molecule has 2 heterocycles. The van der Waals surface area contributed by atoms with Gasteiger partial charge in [0.2, 0.25) is 0 Å². The first-order valence-electron chi connectivity index (χ1n) is 7.15. The first-order valence-corrected chi connectivity index (χ1v) is 7.15. The lowest BCUT2D eigenvalue weighted by molar-refractivity contribution is -0.344. The Kier molecular flexibility index (Phi) is 6.27. The average Bonchev–Trinajstić information content (AvgIpc) is 2.55. The number of nitrogens with two attached hydrogens (primary N) is 1. The molecule has 23 heavy (non-hydrogen) atoms. The zero-order valence-electron chi connectivity index (χ0n) is 12.1. The monoisotopic (exact) mass is 341 g/mol. The van der Waals surface area contributed by atoms with E-state index in [9.17, 15) is 30.6 Å². The predicted octanol–water partition coefficient (Wildman–Crippen LogP) is -5.43. The molecule has 2 saturated heterocycles. The van der Waals surface area contributed by atoms with Crippen LogP contribution in [0.5, 0.6) is 0 Å². The molecule has 6 unspecified atom stereocenters. The van der Waals surface area contributed by atoms with Gasteiger partial charge in [0.15, 0.2) is 12.6 Å². The smallest absolute Gasteiger partial charge is 0.187 e. The highest BCUT2D eigenvalue weighted by molar-refractivity contribution is 4.94. The molecule has 136 valence electrons. The summed E-state index contributed by atoms with van der Waals surface area (Å²) in [7, 11) is 0. The second-order valence-electron chi connectivity index (χ2n) is 5.61. The van der Waals surface area contributed by atoms with Gasteiger partial charge in [0, 0.05) is 0 Å². The quantitative estimate of drug-likeness (QED) is 0.243. The Balaban J connectivity index is 2.11. The number of aliphatic hydroxyl groups excluding tert-OH is 7. The lowest BCUT2D eigenvalue weighted by Gasteiger charge is -2.45. The summed E-state index contributed by atoms with van der Waals surface area (Å²) >= 11 is 0. The summed E-state index contributed by atoms with van der Waals surface area (Å²) in [6.07, 6.45) is -13.0. The van der Waals surface area contributed by atoms with Crippen LogP contribution in [0.4, 0.5) is 0 Å². The summed E-state index contributed by atoms with van der Waals surface area (Å²) in [5.74, 6) is 0. The van der Waals surface area contributed by atoms with Crippen molar-refractivity contribution in [3.05, 3.63) is 0 Å². The van der Waals surface area contributed by atoms with E-state index in [2.05, 4.69) is 0 Å². The van der Waals surface area contributed by atoms with Gasteiger partial charge in [0.25, 0.3) is 0 Å². The summed E-state index contributed by atoms with van der Waals surface area (Å²) < 4.78 is 15.5. The third-order valence-corrected chi connectivity index (χ3v) is 4.06. The first-order chi connectivity index (χ1) is 10.8. The highest BCUT2D eigenvalue weighted by atomic mass is 16.7. The molecule has 9 N–H and O–H groups in total. The SMILES string of the molecule is NC1C(O)C(O[C@@H]2OC(CO)[C@H](O)[C@H](O)C2O)C(CO)O[C@H]1O. The normalized spacial score (nSPS) is 51.7. The maximum atomic E-state index is 10.1. The molecule has 0 bridgehead atoms. The van der Waals surface area contributed by atoms with Gasteiger partial charge in [-0.25, -0.2) is 0 Å². The van der Waals surface area contributed by atoms with E-state index in [0.717, 1.165) is 0 Å². The van der Waals surface area contributed by atoms with Crippen molar-refractivity contribution in [2.24, 2.45) is 5.73 Å². The van der Waals surface area contributed by atoms with Crippen LogP contribution in [0.3, 0.4) is 0 Å². The fourth-order valence-corrected chi connectivity index (χ4v) is 2.60. The molecule has 11 heteroatoms. The van der Waals surface area contributed by atoms with Gasteiger partial charge in [-0.1, -0.05) is 0 Å². The molecule has 10 atom stereocenters. The molecule has 0 saturated carbocycles. The number of aliphatic hydroxyl groups is 7. The maximum Gasteiger partial charge on any atom is 0.187 e. The number of ether oxygens (including phenoxy) is 3. The minimum absolute atomic E-state index is 0.622.